The monoisotopic (exact) mass is 487 g/mol. The summed E-state index contributed by atoms with van der Waals surface area (Å²) in [6, 6.07) is 3.54. The number of cyclic esters (lactones) is 2. The van der Waals surface area contributed by atoms with Crippen molar-refractivity contribution in [3.05, 3.63) is 30.1 Å². The Hall–Kier alpha value is -2.19. The Labute approximate surface area is 214 Å². The molecular weight excluding hydrogens is 469 g/mol. The quantitative estimate of drug-likeness (QED) is 0.217. The number of carbonyl (C=O) groups excluding carboxylic acids is 5. The van der Waals surface area contributed by atoms with Gasteiger partial charge in [-0.25, -0.2) is 0 Å². The van der Waals surface area contributed by atoms with Gasteiger partial charge in [-0.2, -0.15) is 5.06 Å². The summed E-state index contributed by atoms with van der Waals surface area (Å²) in [6.07, 6.45) is 2.38. The van der Waals surface area contributed by atoms with Crippen LogP contribution in [-0.2, 0) is 43.9 Å². The normalized spacial score (nSPS) is 28.8. The van der Waals surface area contributed by atoms with Gasteiger partial charge in [-0.05, 0) is 24.1 Å². The molecule has 12 nitrogen and oxygen atoms in total. The molecule has 0 radical (unpaired) electrons. The molecule has 33 heavy (non-hydrogen) atoms. The van der Waals surface area contributed by atoms with Crippen LogP contribution in [0.3, 0.4) is 0 Å². The van der Waals surface area contributed by atoms with Gasteiger partial charge >= 0.3 is 41.5 Å². The summed E-state index contributed by atoms with van der Waals surface area (Å²) < 4.78 is 11.4. The van der Waals surface area contributed by atoms with Crippen LogP contribution in [0, 0.1) is 0 Å². The molecule has 0 aromatic carbocycles. The van der Waals surface area contributed by atoms with Crippen LogP contribution in [0.5, 0.6) is 0 Å². The van der Waals surface area contributed by atoms with Crippen molar-refractivity contribution in [3.63, 3.8) is 0 Å². The van der Waals surface area contributed by atoms with Crippen molar-refractivity contribution < 1.29 is 72.9 Å². The molecule has 0 saturated carbocycles. The molecule has 14 heteroatoms. The molecule has 0 aliphatic carbocycles. The maximum absolute atomic E-state index is 13.6. The van der Waals surface area contributed by atoms with Gasteiger partial charge in [-0.1, -0.05) is 6.07 Å². The molecule has 2 unspecified atom stereocenters. The average Bonchev–Trinajstić information content (AvgIpc) is 3.48. The van der Waals surface area contributed by atoms with E-state index in [0.717, 1.165) is 16.3 Å². The Bertz CT molecular complexity index is 996. The molecule has 0 spiro atoms. The second-order valence-electron chi connectivity index (χ2n) is 7.32. The number of nitrogens with zero attached hydrogens (tertiary/aromatic N) is 3. The third-order valence-electron chi connectivity index (χ3n) is 5.52. The summed E-state index contributed by atoms with van der Waals surface area (Å²) in [5.41, 5.74) is -3.94. The molecule has 4 heterocycles. The molecule has 0 N–H and O–H groups in total. The number of aromatic nitrogens is 1. The molecule has 1 aromatic rings. The molecule has 170 valence electrons. The van der Waals surface area contributed by atoms with Crippen molar-refractivity contribution in [2.75, 3.05) is 12.9 Å². The van der Waals surface area contributed by atoms with E-state index in [4.69, 9.17) is 14.3 Å². The third kappa shape index (κ3) is 4.12. The Morgan fingerprint density at radius 1 is 1.18 bits per heavy atom. The second kappa shape index (κ2) is 9.58. The zero-order valence-corrected chi connectivity index (χ0v) is 20.7. The van der Waals surface area contributed by atoms with Gasteiger partial charge in [0.05, 0.1) is 18.5 Å². The second-order valence-corrected chi connectivity index (χ2v) is 8.08. The maximum Gasteiger partial charge on any atom is 1.00 e. The maximum atomic E-state index is 13.6. The van der Waals surface area contributed by atoms with Gasteiger partial charge in [0.2, 0.25) is 5.60 Å². The first-order valence-electron chi connectivity index (χ1n) is 9.66. The van der Waals surface area contributed by atoms with E-state index in [1.165, 1.54) is 18.5 Å². The van der Waals surface area contributed by atoms with E-state index in [-0.39, 0.29) is 60.9 Å². The zero-order chi connectivity index (χ0) is 23.1. The number of ether oxygens (including phenoxy) is 2. The van der Waals surface area contributed by atoms with Gasteiger partial charge in [0.15, 0.2) is 6.04 Å². The van der Waals surface area contributed by atoms with Crippen LogP contribution in [0.25, 0.3) is 0 Å². The van der Waals surface area contributed by atoms with Crippen LogP contribution < -0.4 is 34.7 Å². The molecule has 0 bridgehead atoms. The molecule has 3 saturated heterocycles. The number of hydrogen-bond donors (Lipinski definition) is 0. The van der Waals surface area contributed by atoms with Crippen molar-refractivity contribution in [1.29, 1.82) is 0 Å². The number of carboxylic acids is 1. The van der Waals surface area contributed by atoms with Crippen molar-refractivity contribution in [1.82, 2.24) is 14.4 Å². The van der Waals surface area contributed by atoms with Gasteiger partial charge in [-0.3, -0.25) is 33.3 Å². The average molecular weight is 487 g/mol. The summed E-state index contributed by atoms with van der Waals surface area (Å²) in [7, 11) is 0. The van der Waals surface area contributed by atoms with Gasteiger partial charge in [-0.15, -0.1) is 0 Å². The van der Waals surface area contributed by atoms with Crippen LogP contribution in [0.15, 0.2) is 24.4 Å². The van der Waals surface area contributed by atoms with Crippen LogP contribution in [0.2, 0.25) is 0 Å². The first-order valence-corrected chi connectivity index (χ1v) is 10.8. The Morgan fingerprint density at radius 2 is 1.88 bits per heavy atom. The van der Waals surface area contributed by atoms with Gasteiger partial charge in [0, 0.05) is 25.3 Å². The largest absolute Gasteiger partial charge is 1.00 e. The Morgan fingerprint density at radius 3 is 2.39 bits per heavy atom. The number of hydrogen-bond acceptors (Lipinski definition) is 11. The molecule has 1 aromatic heterocycles. The van der Waals surface area contributed by atoms with E-state index in [2.05, 4.69) is 4.98 Å². The van der Waals surface area contributed by atoms with Gasteiger partial charge in [0.1, 0.15) is 12.6 Å². The molecular formula is C19H18N3NaO9S. The molecule has 3 fully saturated rings. The summed E-state index contributed by atoms with van der Waals surface area (Å²) in [4.78, 5) is 71.5. The zero-order valence-electron chi connectivity index (χ0n) is 17.8. The topological polar surface area (TPSA) is 155 Å². The first kappa shape index (κ1) is 25.4. The fourth-order valence-corrected chi connectivity index (χ4v) is 4.66. The third-order valence-corrected chi connectivity index (χ3v) is 6.33. The van der Waals surface area contributed by atoms with Crippen molar-refractivity contribution in [3.8, 4) is 0 Å². The molecule has 3 aliphatic heterocycles. The van der Waals surface area contributed by atoms with E-state index in [1.54, 1.807) is 12.1 Å². The molecule has 3 atom stereocenters. The minimum absolute atomic E-state index is 0. The fourth-order valence-electron chi connectivity index (χ4n) is 3.94. The van der Waals surface area contributed by atoms with E-state index in [9.17, 15) is 29.1 Å². The smallest absolute Gasteiger partial charge is 0.544 e. The number of rotatable bonds is 6. The van der Waals surface area contributed by atoms with E-state index in [1.807, 2.05) is 0 Å². The predicted octanol–water partition coefficient (Wildman–Crippen LogP) is -4.35. The summed E-state index contributed by atoms with van der Waals surface area (Å²) >= 11 is 0.879. The minimum atomic E-state index is -2.41. The van der Waals surface area contributed by atoms with Crippen molar-refractivity contribution in [2.45, 2.75) is 43.1 Å². The molecule has 4 rings (SSSR count). The van der Waals surface area contributed by atoms with Crippen molar-refractivity contribution >= 4 is 41.7 Å². The fraction of sp³-hybridized carbons (Fsp3) is 0.474. The number of aliphatic carboxylic acids is 1. The number of esters is 2. The number of pyridine rings is 1. The van der Waals surface area contributed by atoms with Crippen LogP contribution in [0.1, 0.15) is 31.4 Å². The van der Waals surface area contributed by atoms with E-state index in [0.29, 0.717) is 5.06 Å². The summed E-state index contributed by atoms with van der Waals surface area (Å²) in [5.74, 6) is -4.85. The summed E-state index contributed by atoms with van der Waals surface area (Å²) in [5, 5.41) is 12.2. The van der Waals surface area contributed by atoms with Gasteiger partial charge < -0.3 is 19.4 Å². The van der Waals surface area contributed by atoms with Gasteiger partial charge in [0.25, 0.3) is 17.5 Å². The Balaban J connectivity index is 0.00000306. The van der Waals surface area contributed by atoms with E-state index >= 15 is 0 Å². The van der Waals surface area contributed by atoms with Crippen molar-refractivity contribution in [2.24, 2.45) is 0 Å². The summed E-state index contributed by atoms with van der Waals surface area (Å²) in [6.45, 7) is -0.399. The molecule has 3 aliphatic rings. The minimum Gasteiger partial charge on any atom is -0.544 e. The van der Waals surface area contributed by atoms with Crippen LogP contribution in [-0.4, -0.2) is 68.7 Å². The van der Waals surface area contributed by atoms with E-state index < -0.39 is 53.7 Å². The number of amides is 2. The molecule has 2 amide bonds. The number of carboxylic acid groups (broad SMARTS) is 1. The van der Waals surface area contributed by atoms with Crippen LogP contribution in [0.4, 0.5) is 0 Å². The number of carbonyl (C=O) groups is 5. The first-order chi connectivity index (χ1) is 15.2. The number of hydroxylamine groups is 2. The SMILES string of the molecule is CSN(C(=O)C1(c2ccccn2)CCC(=O)O1)[C@H]1CON(C2(C(=O)[O-])CCC(=O)O2)C1=O.[Na+]. The predicted molar refractivity (Wildman–Crippen MR) is 101 cm³/mol. The standard InChI is InChI=1S/C19H19N3O9S.Na/c1-32-21(16(26)18(7-5-13(23)30-18)12-4-2-3-9-20-12)11-10-29-22(15(11)25)19(17(27)28)8-6-14(24)31-19;/h2-4,9,11H,5-8,10H2,1H3,(H,27,28);/q;+1/p-1/t11-,18?,19?;/m0./s1. The Kier molecular flexibility index (Phi) is 7.39. The van der Waals surface area contributed by atoms with Crippen LogP contribution >= 0.6 is 11.9 Å².